The first-order valence-corrected chi connectivity index (χ1v) is 14.3. The molecule has 0 saturated carbocycles. The highest BCUT2D eigenvalue weighted by Crippen LogP contribution is 2.33. The molecule has 0 spiro atoms. The van der Waals surface area contributed by atoms with Crippen LogP contribution in [0.2, 0.25) is 0 Å². The minimum absolute atomic E-state index is 0.176. The van der Waals surface area contributed by atoms with E-state index in [0.717, 1.165) is 26.9 Å². The van der Waals surface area contributed by atoms with E-state index in [2.05, 4.69) is 55.5 Å². The first kappa shape index (κ1) is 27.3. The van der Waals surface area contributed by atoms with E-state index in [4.69, 9.17) is 14.5 Å². The number of carbonyl (C=O) groups excluding carboxylic acids is 1. The molecule has 1 aromatic heterocycles. The van der Waals surface area contributed by atoms with Crippen molar-refractivity contribution in [2.75, 3.05) is 13.7 Å². The first-order chi connectivity index (χ1) is 17.8. The van der Waals surface area contributed by atoms with E-state index in [1.807, 2.05) is 36.4 Å². The maximum absolute atomic E-state index is 13.9. The number of fused-ring (bicyclic) bond motifs is 1. The summed E-state index contributed by atoms with van der Waals surface area (Å²) in [4.78, 5) is 32.6. The third-order valence-electron chi connectivity index (χ3n) is 6.28. The van der Waals surface area contributed by atoms with Crippen LogP contribution in [0.1, 0.15) is 69.2 Å². The van der Waals surface area contributed by atoms with Gasteiger partial charge in [-0.15, -0.1) is 0 Å². The summed E-state index contributed by atoms with van der Waals surface area (Å²) in [5, 5.41) is 0. The minimum Gasteiger partial charge on any atom is -0.496 e. The number of allylic oxidation sites excluding steroid dienone is 1. The van der Waals surface area contributed by atoms with E-state index in [-0.39, 0.29) is 12.2 Å². The number of rotatable bonds is 8. The molecule has 0 N–H and O–H groups in total. The zero-order valence-corrected chi connectivity index (χ0v) is 24.7. The molecule has 194 valence electrons. The smallest absolute Gasteiger partial charge is 0.338 e. The lowest BCUT2D eigenvalue weighted by atomic mass is 9.92. The summed E-state index contributed by atoms with van der Waals surface area (Å²) in [5.41, 5.74) is 3.91. The lowest BCUT2D eigenvalue weighted by Gasteiger charge is -2.26. The van der Waals surface area contributed by atoms with Crippen molar-refractivity contribution in [3.63, 3.8) is 0 Å². The molecule has 6 nitrogen and oxygen atoms in total. The quantitative estimate of drug-likeness (QED) is 0.250. The van der Waals surface area contributed by atoms with Gasteiger partial charge in [-0.2, -0.15) is 0 Å². The molecule has 2 heterocycles. The van der Waals surface area contributed by atoms with Gasteiger partial charge in [-0.25, -0.2) is 9.79 Å². The number of halogens is 1. The molecule has 0 aliphatic carbocycles. The van der Waals surface area contributed by atoms with Crippen LogP contribution >= 0.6 is 33.9 Å². The van der Waals surface area contributed by atoms with Gasteiger partial charge in [0.2, 0.25) is 0 Å². The molecule has 8 heteroatoms. The van der Waals surface area contributed by atoms with E-state index in [1.54, 1.807) is 18.6 Å². The van der Waals surface area contributed by atoms with E-state index in [0.29, 0.717) is 32.9 Å². The predicted molar refractivity (Wildman–Crippen MR) is 156 cm³/mol. The summed E-state index contributed by atoms with van der Waals surface area (Å²) in [6.45, 7) is 8.37. The Morgan fingerprint density at radius 3 is 2.51 bits per heavy atom. The number of hydrogen-bond acceptors (Lipinski definition) is 6. The van der Waals surface area contributed by atoms with Crippen LogP contribution in [0.15, 0.2) is 63.5 Å². The monoisotopic (exact) mass is 630 g/mol. The molecule has 2 aromatic carbocycles. The van der Waals surface area contributed by atoms with Crippen molar-refractivity contribution in [3.05, 3.63) is 93.7 Å². The molecule has 0 unspecified atom stereocenters. The second-order valence-electron chi connectivity index (χ2n) is 9.13. The second-order valence-corrected chi connectivity index (χ2v) is 11.3. The largest absolute Gasteiger partial charge is 0.496 e. The van der Waals surface area contributed by atoms with E-state index in [9.17, 15) is 9.59 Å². The highest BCUT2D eigenvalue weighted by molar-refractivity contribution is 14.1. The SMILES string of the molecule is CCCC1=C(C(=O)OCC)[C@@H](c2ccc(C(C)C)cc2)n2c(s/c(=C/c3ccc(OC)c(I)c3)c2=O)=N1. The van der Waals surface area contributed by atoms with Gasteiger partial charge in [0.25, 0.3) is 5.56 Å². The van der Waals surface area contributed by atoms with Crippen molar-refractivity contribution < 1.29 is 14.3 Å². The van der Waals surface area contributed by atoms with Crippen molar-refractivity contribution in [1.29, 1.82) is 0 Å². The van der Waals surface area contributed by atoms with Gasteiger partial charge in [0.05, 0.1) is 39.1 Å². The fourth-order valence-electron chi connectivity index (χ4n) is 4.42. The number of ether oxygens (including phenoxy) is 2. The Balaban J connectivity index is 1.96. The van der Waals surface area contributed by atoms with Crippen molar-refractivity contribution in [3.8, 4) is 5.75 Å². The molecule has 0 saturated heterocycles. The van der Waals surface area contributed by atoms with E-state index >= 15 is 0 Å². The molecule has 0 amide bonds. The van der Waals surface area contributed by atoms with Gasteiger partial charge < -0.3 is 9.47 Å². The summed E-state index contributed by atoms with van der Waals surface area (Å²) >= 11 is 3.56. The van der Waals surface area contributed by atoms with Crippen LogP contribution in [0.3, 0.4) is 0 Å². The van der Waals surface area contributed by atoms with Gasteiger partial charge >= 0.3 is 5.97 Å². The fourth-order valence-corrected chi connectivity index (χ4v) is 6.20. The summed E-state index contributed by atoms with van der Waals surface area (Å²) in [6, 6.07) is 13.3. The van der Waals surface area contributed by atoms with Crippen molar-refractivity contribution in [1.82, 2.24) is 4.57 Å². The number of esters is 1. The van der Waals surface area contributed by atoms with Crippen LogP contribution in [0, 0.1) is 3.57 Å². The van der Waals surface area contributed by atoms with E-state index in [1.165, 1.54) is 16.9 Å². The van der Waals surface area contributed by atoms with Crippen molar-refractivity contribution in [2.24, 2.45) is 4.99 Å². The molecule has 1 atom stereocenters. The zero-order valence-electron chi connectivity index (χ0n) is 21.7. The predicted octanol–water partition coefficient (Wildman–Crippen LogP) is 5.32. The second kappa shape index (κ2) is 11.8. The normalized spacial score (nSPS) is 15.5. The third-order valence-corrected chi connectivity index (χ3v) is 8.11. The van der Waals surface area contributed by atoms with Crippen LogP contribution in [-0.2, 0) is 9.53 Å². The fraction of sp³-hybridized carbons (Fsp3) is 0.345. The Kier molecular flexibility index (Phi) is 8.69. The maximum atomic E-state index is 13.9. The number of thiazole rings is 1. The topological polar surface area (TPSA) is 69.9 Å². The Labute approximate surface area is 234 Å². The highest BCUT2D eigenvalue weighted by Gasteiger charge is 2.34. The number of benzene rings is 2. The third kappa shape index (κ3) is 5.60. The summed E-state index contributed by atoms with van der Waals surface area (Å²) in [6.07, 6.45) is 3.31. The summed E-state index contributed by atoms with van der Waals surface area (Å²) in [7, 11) is 1.64. The molecular weight excluding hydrogens is 599 g/mol. The number of hydrogen-bond donors (Lipinski definition) is 0. The molecule has 1 aliphatic heterocycles. The van der Waals surface area contributed by atoms with Crippen LogP contribution in [0.4, 0.5) is 0 Å². The Morgan fingerprint density at radius 1 is 1.19 bits per heavy atom. The van der Waals surface area contributed by atoms with Crippen LogP contribution in [-0.4, -0.2) is 24.3 Å². The molecule has 0 fully saturated rings. The molecule has 4 rings (SSSR count). The highest BCUT2D eigenvalue weighted by atomic mass is 127. The van der Waals surface area contributed by atoms with E-state index < -0.39 is 12.0 Å². The average molecular weight is 631 g/mol. The lowest BCUT2D eigenvalue weighted by molar-refractivity contribution is -0.139. The van der Waals surface area contributed by atoms with Gasteiger partial charge in [-0.05, 0) is 76.8 Å². The molecule has 1 aliphatic rings. The standard InChI is InChI=1S/C29H31IN2O4S/c1-6-8-22-25(28(34)36-7-2)26(20-12-10-19(11-13-20)17(3)4)32-27(33)24(37-29(32)31-22)16-18-9-14-23(35-5)21(30)15-18/h9-17,26H,6-8H2,1-5H3/b24-16+/t26-/m1/s1. The number of methoxy groups -OCH3 is 1. The van der Waals surface area contributed by atoms with Crippen molar-refractivity contribution in [2.45, 2.75) is 52.5 Å². The molecule has 37 heavy (non-hydrogen) atoms. The summed E-state index contributed by atoms with van der Waals surface area (Å²) in [5.74, 6) is 0.734. The molecule has 3 aromatic rings. The van der Waals surface area contributed by atoms with Crippen LogP contribution in [0.5, 0.6) is 5.75 Å². The van der Waals surface area contributed by atoms with Gasteiger partial charge in [0, 0.05) is 0 Å². The van der Waals surface area contributed by atoms with Crippen molar-refractivity contribution >= 4 is 46.0 Å². The van der Waals surface area contributed by atoms with Gasteiger partial charge in [0.1, 0.15) is 5.75 Å². The summed E-state index contributed by atoms with van der Waals surface area (Å²) < 4.78 is 14.0. The maximum Gasteiger partial charge on any atom is 0.338 e. The van der Waals surface area contributed by atoms with Gasteiger partial charge in [-0.1, -0.05) is 68.9 Å². The lowest BCUT2D eigenvalue weighted by Crippen LogP contribution is -2.40. The van der Waals surface area contributed by atoms with Crippen LogP contribution < -0.4 is 19.6 Å². The number of carbonyl (C=O) groups is 1. The Hall–Kier alpha value is -2.72. The van der Waals surface area contributed by atoms with Gasteiger partial charge in [0.15, 0.2) is 4.80 Å². The number of aromatic nitrogens is 1. The van der Waals surface area contributed by atoms with Crippen LogP contribution in [0.25, 0.3) is 6.08 Å². The Bertz CT molecular complexity index is 1520. The first-order valence-electron chi connectivity index (χ1n) is 12.4. The van der Waals surface area contributed by atoms with Gasteiger partial charge in [-0.3, -0.25) is 9.36 Å². The Morgan fingerprint density at radius 2 is 1.92 bits per heavy atom. The molecule has 0 radical (unpaired) electrons. The molecule has 0 bridgehead atoms. The zero-order chi connectivity index (χ0) is 26.7. The minimum atomic E-state index is -0.601. The molecular formula is C29H31IN2O4S. The average Bonchev–Trinajstić information content (AvgIpc) is 3.18. The number of nitrogens with zero attached hydrogens (tertiary/aromatic N) is 2.